The van der Waals surface area contributed by atoms with Crippen LogP contribution in [0, 0.1) is 5.92 Å². The number of ether oxygens (including phenoxy) is 2. The third-order valence-corrected chi connectivity index (χ3v) is 2.96. The Labute approximate surface area is 96.4 Å². The van der Waals surface area contributed by atoms with Gasteiger partial charge in [-0.05, 0) is 23.6 Å². The van der Waals surface area contributed by atoms with Crippen molar-refractivity contribution in [2.75, 3.05) is 14.2 Å². The molecule has 16 heavy (non-hydrogen) atoms. The minimum Gasteiger partial charge on any atom is -0.497 e. The highest BCUT2D eigenvalue weighted by molar-refractivity contribution is 5.73. The lowest BCUT2D eigenvalue weighted by atomic mass is 9.89. The predicted octanol–water partition coefficient (Wildman–Crippen LogP) is 2.61. The zero-order valence-electron chi connectivity index (χ0n) is 10.2. The first-order valence-corrected chi connectivity index (χ1v) is 5.32. The van der Waals surface area contributed by atoms with Crippen molar-refractivity contribution < 1.29 is 14.3 Å². The molecule has 0 saturated heterocycles. The number of rotatable bonds is 4. The second-order valence-electron chi connectivity index (χ2n) is 3.87. The van der Waals surface area contributed by atoms with Gasteiger partial charge in [0.25, 0.3) is 0 Å². The molecule has 3 nitrogen and oxygen atoms in total. The largest absolute Gasteiger partial charge is 0.497 e. The fraction of sp³-hybridized carbons (Fsp3) is 0.462. The molecule has 3 heteroatoms. The van der Waals surface area contributed by atoms with Gasteiger partial charge in [-0.25, -0.2) is 0 Å². The zero-order chi connectivity index (χ0) is 12.1. The molecule has 0 saturated carbocycles. The van der Waals surface area contributed by atoms with E-state index >= 15 is 0 Å². The van der Waals surface area contributed by atoms with Crippen LogP contribution in [0.1, 0.15) is 25.3 Å². The second kappa shape index (κ2) is 5.54. The van der Waals surface area contributed by atoms with Crippen molar-refractivity contribution in [3.05, 3.63) is 29.8 Å². The van der Waals surface area contributed by atoms with Gasteiger partial charge in [-0.3, -0.25) is 4.79 Å². The molecular weight excluding hydrogens is 204 g/mol. The lowest BCUT2D eigenvalue weighted by molar-refractivity contribution is -0.145. The minimum absolute atomic E-state index is 0.137. The first-order chi connectivity index (χ1) is 7.60. The van der Waals surface area contributed by atoms with Crippen LogP contribution in [-0.4, -0.2) is 20.2 Å². The van der Waals surface area contributed by atoms with E-state index in [2.05, 4.69) is 0 Å². The molecule has 2 unspecified atom stereocenters. The summed E-state index contributed by atoms with van der Waals surface area (Å²) in [6, 6.07) is 7.75. The molecule has 0 bridgehead atoms. The maximum atomic E-state index is 11.4. The van der Waals surface area contributed by atoms with Crippen molar-refractivity contribution >= 4 is 5.97 Å². The second-order valence-corrected chi connectivity index (χ2v) is 3.87. The van der Waals surface area contributed by atoms with Gasteiger partial charge in [0.1, 0.15) is 5.75 Å². The lowest BCUT2D eigenvalue weighted by Crippen LogP contribution is -2.18. The molecule has 1 aromatic rings. The summed E-state index contributed by atoms with van der Waals surface area (Å²) >= 11 is 0. The Morgan fingerprint density at radius 1 is 1.12 bits per heavy atom. The normalized spacial score (nSPS) is 14.0. The number of benzene rings is 1. The Bertz CT molecular complexity index is 343. The van der Waals surface area contributed by atoms with Crippen molar-refractivity contribution in [3.63, 3.8) is 0 Å². The molecule has 0 aromatic heterocycles. The van der Waals surface area contributed by atoms with Crippen LogP contribution in [-0.2, 0) is 9.53 Å². The molecule has 0 spiro atoms. The lowest BCUT2D eigenvalue weighted by Gasteiger charge is -2.18. The molecule has 0 aliphatic rings. The van der Waals surface area contributed by atoms with E-state index < -0.39 is 0 Å². The molecule has 0 N–H and O–H groups in total. The van der Waals surface area contributed by atoms with Crippen LogP contribution in [0.5, 0.6) is 5.75 Å². The summed E-state index contributed by atoms with van der Waals surface area (Å²) in [6.07, 6.45) is 0. The quantitative estimate of drug-likeness (QED) is 0.734. The fourth-order valence-electron chi connectivity index (χ4n) is 1.59. The van der Waals surface area contributed by atoms with Crippen LogP contribution in [0.15, 0.2) is 24.3 Å². The summed E-state index contributed by atoms with van der Waals surface area (Å²) in [7, 11) is 3.05. The van der Waals surface area contributed by atoms with Crippen LogP contribution >= 0.6 is 0 Å². The van der Waals surface area contributed by atoms with Crippen molar-refractivity contribution in [1.29, 1.82) is 0 Å². The number of hydrogen-bond donors (Lipinski definition) is 0. The van der Waals surface area contributed by atoms with E-state index in [9.17, 15) is 4.79 Å². The van der Waals surface area contributed by atoms with Crippen LogP contribution in [0.25, 0.3) is 0 Å². The average Bonchev–Trinajstić information content (AvgIpc) is 2.36. The highest BCUT2D eigenvalue weighted by Crippen LogP contribution is 2.26. The standard InChI is InChI=1S/C13H18O3/c1-9(10(2)13(14)16-4)11-5-7-12(15-3)8-6-11/h5-10H,1-4H3. The number of esters is 1. The van der Waals surface area contributed by atoms with Crippen LogP contribution in [0.2, 0.25) is 0 Å². The van der Waals surface area contributed by atoms with E-state index in [-0.39, 0.29) is 17.8 Å². The van der Waals surface area contributed by atoms with Crippen molar-refractivity contribution in [2.24, 2.45) is 5.92 Å². The summed E-state index contributed by atoms with van der Waals surface area (Å²) in [4.78, 5) is 11.4. The Hall–Kier alpha value is -1.51. The van der Waals surface area contributed by atoms with Gasteiger partial charge in [0.05, 0.1) is 20.1 Å². The molecule has 1 rings (SSSR count). The summed E-state index contributed by atoms with van der Waals surface area (Å²) in [5.41, 5.74) is 1.11. The van der Waals surface area contributed by atoms with E-state index in [1.54, 1.807) is 7.11 Å². The highest BCUT2D eigenvalue weighted by atomic mass is 16.5. The Morgan fingerprint density at radius 3 is 2.12 bits per heavy atom. The molecular formula is C13H18O3. The fourth-order valence-corrected chi connectivity index (χ4v) is 1.59. The van der Waals surface area contributed by atoms with Gasteiger partial charge in [0.15, 0.2) is 0 Å². The summed E-state index contributed by atoms with van der Waals surface area (Å²) in [5, 5.41) is 0. The first kappa shape index (κ1) is 12.6. The van der Waals surface area contributed by atoms with Gasteiger partial charge < -0.3 is 9.47 Å². The van der Waals surface area contributed by atoms with Crippen molar-refractivity contribution in [3.8, 4) is 5.75 Å². The van der Waals surface area contributed by atoms with E-state index in [1.807, 2.05) is 38.1 Å². The van der Waals surface area contributed by atoms with Crippen molar-refractivity contribution in [1.82, 2.24) is 0 Å². The van der Waals surface area contributed by atoms with E-state index in [0.29, 0.717) is 0 Å². The summed E-state index contributed by atoms with van der Waals surface area (Å²) in [6.45, 7) is 3.89. The number of carbonyl (C=O) groups is 1. The monoisotopic (exact) mass is 222 g/mol. The third-order valence-electron chi connectivity index (χ3n) is 2.96. The van der Waals surface area contributed by atoms with Gasteiger partial charge in [-0.15, -0.1) is 0 Å². The van der Waals surface area contributed by atoms with Gasteiger partial charge in [0.2, 0.25) is 0 Å². The number of carbonyl (C=O) groups excluding carboxylic acids is 1. The van der Waals surface area contributed by atoms with Gasteiger partial charge in [-0.2, -0.15) is 0 Å². The molecule has 0 heterocycles. The van der Waals surface area contributed by atoms with E-state index in [1.165, 1.54) is 7.11 Å². The third kappa shape index (κ3) is 2.75. The Balaban J connectivity index is 2.79. The van der Waals surface area contributed by atoms with Gasteiger partial charge in [-0.1, -0.05) is 26.0 Å². The van der Waals surface area contributed by atoms with Crippen LogP contribution in [0.4, 0.5) is 0 Å². The predicted molar refractivity (Wildman–Crippen MR) is 62.6 cm³/mol. The number of methoxy groups -OCH3 is 2. The van der Waals surface area contributed by atoms with Crippen molar-refractivity contribution in [2.45, 2.75) is 19.8 Å². The Morgan fingerprint density at radius 2 is 1.69 bits per heavy atom. The first-order valence-electron chi connectivity index (χ1n) is 5.32. The smallest absolute Gasteiger partial charge is 0.308 e. The minimum atomic E-state index is -0.177. The van der Waals surface area contributed by atoms with Crippen LogP contribution < -0.4 is 4.74 Å². The molecule has 0 fully saturated rings. The summed E-state index contributed by atoms with van der Waals surface area (Å²) in [5.74, 6) is 0.641. The van der Waals surface area contributed by atoms with E-state index in [0.717, 1.165) is 11.3 Å². The molecule has 1 aromatic carbocycles. The molecule has 88 valence electrons. The molecule has 0 radical (unpaired) electrons. The maximum absolute atomic E-state index is 11.4. The average molecular weight is 222 g/mol. The van der Waals surface area contributed by atoms with Gasteiger partial charge in [0, 0.05) is 0 Å². The Kier molecular flexibility index (Phi) is 4.35. The zero-order valence-corrected chi connectivity index (χ0v) is 10.2. The van der Waals surface area contributed by atoms with E-state index in [4.69, 9.17) is 9.47 Å². The van der Waals surface area contributed by atoms with Gasteiger partial charge >= 0.3 is 5.97 Å². The highest BCUT2D eigenvalue weighted by Gasteiger charge is 2.22. The molecule has 0 aliphatic heterocycles. The molecule has 2 atom stereocenters. The topological polar surface area (TPSA) is 35.5 Å². The maximum Gasteiger partial charge on any atom is 0.308 e. The summed E-state index contributed by atoms with van der Waals surface area (Å²) < 4.78 is 9.82. The molecule has 0 amide bonds. The number of hydrogen-bond acceptors (Lipinski definition) is 3. The SMILES string of the molecule is COC(=O)C(C)C(C)c1ccc(OC)cc1. The molecule has 0 aliphatic carbocycles. The van der Waals surface area contributed by atoms with Crippen LogP contribution in [0.3, 0.4) is 0 Å².